The summed E-state index contributed by atoms with van der Waals surface area (Å²) in [5, 5.41) is 14.1. The van der Waals surface area contributed by atoms with Gasteiger partial charge in [-0.05, 0) is 30.2 Å². The van der Waals surface area contributed by atoms with Gasteiger partial charge in [0.1, 0.15) is 0 Å². The molecule has 0 aliphatic rings. The van der Waals surface area contributed by atoms with Crippen LogP contribution in [0.1, 0.15) is 24.1 Å². The molecule has 0 amide bonds. The summed E-state index contributed by atoms with van der Waals surface area (Å²) in [5.74, 6) is 0. The standard InChI is InChI=1S/C17H21N3O2/c1-13(15-7-9-16(10-8-15)20(21)22)18-12-14-5-4-6-17(11-14)19(2)3/h4-11,13,18H,12H2,1-3H3. The van der Waals surface area contributed by atoms with Crippen LogP contribution in [0.15, 0.2) is 48.5 Å². The first kappa shape index (κ1) is 16.0. The minimum Gasteiger partial charge on any atom is -0.378 e. The van der Waals surface area contributed by atoms with Crippen molar-refractivity contribution in [2.75, 3.05) is 19.0 Å². The first-order valence-electron chi connectivity index (χ1n) is 7.21. The SMILES string of the molecule is CC(NCc1cccc(N(C)C)c1)c1ccc([N+](=O)[O-])cc1. The van der Waals surface area contributed by atoms with Crippen LogP contribution in [-0.2, 0) is 6.54 Å². The molecule has 22 heavy (non-hydrogen) atoms. The molecule has 0 aromatic heterocycles. The third-order valence-corrected chi connectivity index (χ3v) is 3.64. The molecule has 1 N–H and O–H groups in total. The van der Waals surface area contributed by atoms with Crippen molar-refractivity contribution in [3.8, 4) is 0 Å². The quantitative estimate of drug-likeness (QED) is 0.655. The topological polar surface area (TPSA) is 58.4 Å². The van der Waals surface area contributed by atoms with Gasteiger partial charge in [-0.2, -0.15) is 0 Å². The van der Waals surface area contributed by atoms with Crippen LogP contribution in [-0.4, -0.2) is 19.0 Å². The van der Waals surface area contributed by atoms with E-state index in [1.54, 1.807) is 24.3 Å². The monoisotopic (exact) mass is 299 g/mol. The summed E-state index contributed by atoms with van der Waals surface area (Å²) in [6.07, 6.45) is 0. The van der Waals surface area contributed by atoms with Gasteiger partial charge in [0.05, 0.1) is 4.92 Å². The molecule has 0 fully saturated rings. The van der Waals surface area contributed by atoms with E-state index < -0.39 is 0 Å². The van der Waals surface area contributed by atoms with Crippen molar-refractivity contribution < 1.29 is 4.92 Å². The van der Waals surface area contributed by atoms with E-state index in [1.807, 2.05) is 20.2 Å². The van der Waals surface area contributed by atoms with Crippen molar-refractivity contribution in [1.82, 2.24) is 5.32 Å². The fraction of sp³-hybridized carbons (Fsp3) is 0.294. The minimum atomic E-state index is -0.380. The van der Waals surface area contributed by atoms with Crippen molar-refractivity contribution in [3.63, 3.8) is 0 Å². The highest BCUT2D eigenvalue weighted by molar-refractivity contribution is 5.47. The average molecular weight is 299 g/mol. The summed E-state index contributed by atoms with van der Waals surface area (Å²) in [5.41, 5.74) is 3.53. The van der Waals surface area contributed by atoms with Gasteiger partial charge in [0, 0.05) is 44.5 Å². The van der Waals surface area contributed by atoms with Crippen LogP contribution >= 0.6 is 0 Å². The largest absolute Gasteiger partial charge is 0.378 e. The molecule has 5 nitrogen and oxygen atoms in total. The lowest BCUT2D eigenvalue weighted by atomic mass is 10.1. The Morgan fingerprint density at radius 1 is 1.18 bits per heavy atom. The second kappa shape index (κ2) is 7.04. The van der Waals surface area contributed by atoms with E-state index in [-0.39, 0.29) is 16.7 Å². The first-order valence-corrected chi connectivity index (χ1v) is 7.21. The molecular weight excluding hydrogens is 278 g/mol. The number of nitro groups is 1. The molecule has 0 spiro atoms. The number of nitrogens with zero attached hydrogens (tertiary/aromatic N) is 2. The lowest BCUT2D eigenvalue weighted by Crippen LogP contribution is -2.18. The van der Waals surface area contributed by atoms with E-state index in [0.717, 1.165) is 12.1 Å². The number of hydrogen-bond donors (Lipinski definition) is 1. The molecule has 116 valence electrons. The van der Waals surface area contributed by atoms with Crippen LogP contribution in [0.5, 0.6) is 0 Å². The van der Waals surface area contributed by atoms with Crippen LogP contribution in [0.25, 0.3) is 0 Å². The molecule has 1 atom stereocenters. The predicted octanol–water partition coefficient (Wildman–Crippen LogP) is 3.51. The summed E-state index contributed by atoms with van der Waals surface area (Å²) in [6, 6.07) is 15.2. The van der Waals surface area contributed by atoms with Crippen molar-refractivity contribution in [1.29, 1.82) is 0 Å². The zero-order valence-corrected chi connectivity index (χ0v) is 13.1. The van der Waals surface area contributed by atoms with Gasteiger partial charge in [-0.25, -0.2) is 0 Å². The van der Waals surface area contributed by atoms with E-state index in [1.165, 1.54) is 11.3 Å². The lowest BCUT2D eigenvalue weighted by molar-refractivity contribution is -0.384. The number of rotatable bonds is 6. The van der Waals surface area contributed by atoms with Gasteiger partial charge in [-0.1, -0.05) is 24.3 Å². The zero-order chi connectivity index (χ0) is 16.1. The predicted molar refractivity (Wildman–Crippen MR) is 89.1 cm³/mol. The van der Waals surface area contributed by atoms with E-state index in [9.17, 15) is 10.1 Å². The Hall–Kier alpha value is -2.40. The lowest BCUT2D eigenvalue weighted by Gasteiger charge is -2.16. The molecule has 2 aromatic rings. The van der Waals surface area contributed by atoms with Crippen LogP contribution < -0.4 is 10.2 Å². The molecule has 2 rings (SSSR count). The average Bonchev–Trinajstić information content (AvgIpc) is 2.53. The first-order chi connectivity index (χ1) is 10.5. The van der Waals surface area contributed by atoms with E-state index in [4.69, 9.17) is 0 Å². The summed E-state index contributed by atoms with van der Waals surface area (Å²) >= 11 is 0. The third-order valence-electron chi connectivity index (χ3n) is 3.64. The summed E-state index contributed by atoms with van der Waals surface area (Å²) < 4.78 is 0. The molecular formula is C17H21N3O2. The maximum Gasteiger partial charge on any atom is 0.269 e. The Kier molecular flexibility index (Phi) is 5.12. The number of anilines is 1. The molecule has 0 heterocycles. The maximum absolute atomic E-state index is 10.7. The maximum atomic E-state index is 10.7. The molecule has 5 heteroatoms. The Morgan fingerprint density at radius 2 is 1.86 bits per heavy atom. The van der Waals surface area contributed by atoms with Crippen LogP contribution in [0.4, 0.5) is 11.4 Å². The molecule has 0 saturated carbocycles. The van der Waals surface area contributed by atoms with Crippen molar-refractivity contribution in [2.24, 2.45) is 0 Å². The van der Waals surface area contributed by atoms with Gasteiger partial charge in [-0.15, -0.1) is 0 Å². The number of nitrogens with one attached hydrogen (secondary N) is 1. The molecule has 1 unspecified atom stereocenters. The summed E-state index contributed by atoms with van der Waals surface area (Å²) in [6.45, 7) is 2.80. The molecule has 0 radical (unpaired) electrons. The van der Waals surface area contributed by atoms with Crippen molar-refractivity contribution >= 4 is 11.4 Å². The van der Waals surface area contributed by atoms with E-state index in [0.29, 0.717) is 0 Å². The van der Waals surface area contributed by atoms with Crippen molar-refractivity contribution in [2.45, 2.75) is 19.5 Å². The highest BCUT2D eigenvalue weighted by Crippen LogP contribution is 2.19. The Bertz CT molecular complexity index is 639. The van der Waals surface area contributed by atoms with Crippen LogP contribution in [0.3, 0.4) is 0 Å². The summed E-state index contributed by atoms with van der Waals surface area (Å²) in [4.78, 5) is 12.4. The van der Waals surface area contributed by atoms with Crippen molar-refractivity contribution in [3.05, 3.63) is 69.8 Å². The second-order valence-electron chi connectivity index (χ2n) is 5.52. The van der Waals surface area contributed by atoms with E-state index >= 15 is 0 Å². The number of nitro benzene ring substituents is 1. The van der Waals surface area contributed by atoms with E-state index in [2.05, 4.69) is 35.3 Å². The smallest absolute Gasteiger partial charge is 0.269 e. The van der Waals surface area contributed by atoms with Crippen LogP contribution in [0.2, 0.25) is 0 Å². The number of non-ortho nitro benzene ring substituents is 1. The normalized spacial score (nSPS) is 12.0. The van der Waals surface area contributed by atoms with Gasteiger partial charge in [0.2, 0.25) is 0 Å². The minimum absolute atomic E-state index is 0.120. The zero-order valence-electron chi connectivity index (χ0n) is 13.1. The van der Waals surface area contributed by atoms with Gasteiger partial charge in [0.25, 0.3) is 5.69 Å². The highest BCUT2D eigenvalue weighted by atomic mass is 16.6. The fourth-order valence-electron chi connectivity index (χ4n) is 2.22. The second-order valence-corrected chi connectivity index (χ2v) is 5.52. The van der Waals surface area contributed by atoms with Gasteiger partial charge in [-0.3, -0.25) is 10.1 Å². The number of hydrogen-bond acceptors (Lipinski definition) is 4. The van der Waals surface area contributed by atoms with Gasteiger partial charge >= 0.3 is 0 Å². The molecule has 0 bridgehead atoms. The Labute approximate surface area is 130 Å². The number of benzene rings is 2. The van der Waals surface area contributed by atoms with Gasteiger partial charge in [0.15, 0.2) is 0 Å². The Balaban J connectivity index is 1.98. The van der Waals surface area contributed by atoms with Gasteiger partial charge < -0.3 is 10.2 Å². The highest BCUT2D eigenvalue weighted by Gasteiger charge is 2.09. The molecule has 0 aliphatic carbocycles. The molecule has 0 aliphatic heterocycles. The molecule has 2 aromatic carbocycles. The van der Waals surface area contributed by atoms with Crippen LogP contribution in [0, 0.1) is 10.1 Å². The Morgan fingerprint density at radius 3 is 2.45 bits per heavy atom. The summed E-state index contributed by atoms with van der Waals surface area (Å²) in [7, 11) is 4.04. The fourth-order valence-corrected chi connectivity index (χ4v) is 2.22. The third kappa shape index (κ3) is 4.05. The molecule has 0 saturated heterocycles.